The van der Waals surface area contributed by atoms with Crippen molar-refractivity contribution in [2.24, 2.45) is 0 Å². The summed E-state index contributed by atoms with van der Waals surface area (Å²) in [6.45, 7) is 0.559. The third kappa shape index (κ3) is 9.15. The first-order chi connectivity index (χ1) is 19.4. The van der Waals surface area contributed by atoms with Crippen molar-refractivity contribution in [1.82, 2.24) is 10.2 Å². The zero-order chi connectivity index (χ0) is 28.3. The second-order valence-corrected chi connectivity index (χ2v) is 11.5. The first-order valence-electron chi connectivity index (χ1n) is 13.8. The molecule has 0 aromatic heterocycles. The standard InChI is InChI=1S/C32H35Cl3N2O3/c33-25-15-17-28(18-16-25)40-19-7-12-31(38)37(22-24-13-14-26(34)21-29(24)35)30(20-23-8-3-1-4-9-23)32(39)36-27-10-5-2-6-11-27/h1,3-4,8-9,13-18,21,27,30H,2,5-7,10-12,19-20,22H2,(H,36,39)/t30-/m0/s1. The molecule has 40 heavy (non-hydrogen) atoms. The van der Waals surface area contributed by atoms with E-state index in [1.54, 1.807) is 41.3 Å². The number of nitrogens with one attached hydrogen (secondary N) is 1. The average molecular weight is 602 g/mol. The van der Waals surface area contributed by atoms with E-state index in [0.29, 0.717) is 40.3 Å². The summed E-state index contributed by atoms with van der Waals surface area (Å²) in [4.78, 5) is 29.3. The molecule has 3 aromatic rings. The molecule has 1 aliphatic carbocycles. The molecule has 0 aliphatic heterocycles. The van der Waals surface area contributed by atoms with E-state index in [9.17, 15) is 9.59 Å². The van der Waals surface area contributed by atoms with Gasteiger partial charge in [-0.15, -0.1) is 0 Å². The van der Waals surface area contributed by atoms with Gasteiger partial charge in [-0.2, -0.15) is 0 Å². The molecule has 0 heterocycles. The second kappa shape index (κ2) is 15.3. The van der Waals surface area contributed by atoms with Crippen LogP contribution in [0.1, 0.15) is 56.1 Å². The van der Waals surface area contributed by atoms with Crippen LogP contribution >= 0.6 is 34.8 Å². The van der Waals surface area contributed by atoms with Gasteiger partial charge in [0.2, 0.25) is 11.8 Å². The van der Waals surface area contributed by atoms with Crippen LogP contribution in [0.5, 0.6) is 5.75 Å². The normalized spacial score (nSPS) is 14.4. The monoisotopic (exact) mass is 600 g/mol. The molecule has 1 N–H and O–H groups in total. The van der Waals surface area contributed by atoms with Crippen molar-refractivity contribution < 1.29 is 14.3 Å². The molecule has 212 valence electrons. The lowest BCUT2D eigenvalue weighted by Gasteiger charge is -2.33. The van der Waals surface area contributed by atoms with Gasteiger partial charge in [0.25, 0.3) is 0 Å². The fraction of sp³-hybridized carbons (Fsp3) is 0.375. The van der Waals surface area contributed by atoms with Gasteiger partial charge in [-0.3, -0.25) is 9.59 Å². The summed E-state index contributed by atoms with van der Waals surface area (Å²) in [7, 11) is 0. The molecule has 1 saturated carbocycles. The maximum absolute atomic E-state index is 13.8. The highest BCUT2D eigenvalue weighted by Crippen LogP contribution is 2.25. The number of rotatable bonds is 12. The molecule has 5 nitrogen and oxygen atoms in total. The number of hydrogen-bond donors (Lipinski definition) is 1. The van der Waals surface area contributed by atoms with E-state index >= 15 is 0 Å². The third-order valence-electron chi connectivity index (χ3n) is 7.20. The Morgan fingerprint density at radius 3 is 2.30 bits per heavy atom. The van der Waals surface area contributed by atoms with Crippen molar-refractivity contribution >= 4 is 46.6 Å². The minimum atomic E-state index is -0.694. The number of benzene rings is 3. The molecule has 1 atom stereocenters. The highest BCUT2D eigenvalue weighted by molar-refractivity contribution is 6.35. The van der Waals surface area contributed by atoms with Crippen molar-refractivity contribution in [2.75, 3.05) is 6.61 Å². The van der Waals surface area contributed by atoms with Crippen LogP contribution in [0.2, 0.25) is 15.1 Å². The lowest BCUT2D eigenvalue weighted by Crippen LogP contribution is -2.52. The van der Waals surface area contributed by atoms with Gasteiger partial charge in [0, 0.05) is 40.5 Å². The van der Waals surface area contributed by atoms with E-state index in [-0.39, 0.29) is 30.8 Å². The minimum Gasteiger partial charge on any atom is -0.494 e. The summed E-state index contributed by atoms with van der Waals surface area (Å²) < 4.78 is 5.80. The predicted molar refractivity (Wildman–Crippen MR) is 162 cm³/mol. The van der Waals surface area contributed by atoms with E-state index in [1.807, 2.05) is 36.4 Å². The molecule has 1 fully saturated rings. The summed E-state index contributed by atoms with van der Waals surface area (Å²) in [6, 6.07) is 21.6. The maximum Gasteiger partial charge on any atom is 0.243 e. The van der Waals surface area contributed by atoms with Crippen LogP contribution < -0.4 is 10.1 Å². The van der Waals surface area contributed by atoms with Gasteiger partial charge in [0.15, 0.2) is 0 Å². The zero-order valence-corrected chi connectivity index (χ0v) is 24.7. The maximum atomic E-state index is 13.8. The third-order valence-corrected chi connectivity index (χ3v) is 8.03. The van der Waals surface area contributed by atoms with Crippen LogP contribution in [-0.4, -0.2) is 35.4 Å². The first kappa shape index (κ1) is 30.2. The summed E-state index contributed by atoms with van der Waals surface area (Å²) in [5.41, 5.74) is 1.72. The lowest BCUT2D eigenvalue weighted by molar-refractivity contribution is -0.141. The van der Waals surface area contributed by atoms with Crippen LogP contribution in [0.3, 0.4) is 0 Å². The molecule has 0 spiro atoms. The van der Waals surface area contributed by atoms with Gasteiger partial charge < -0.3 is 15.0 Å². The topological polar surface area (TPSA) is 58.6 Å². The van der Waals surface area contributed by atoms with E-state index < -0.39 is 6.04 Å². The molecule has 1 aliphatic rings. The van der Waals surface area contributed by atoms with Gasteiger partial charge in [-0.25, -0.2) is 0 Å². The minimum absolute atomic E-state index is 0.128. The molecule has 3 aromatic carbocycles. The van der Waals surface area contributed by atoms with Crippen molar-refractivity contribution in [3.05, 3.63) is 99.0 Å². The fourth-order valence-electron chi connectivity index (χ4n) is 5.02. The van der Waals surface area contributed by atoms with Gasteiger partial charge in [-0.1, -0.05) is 90.5 Å². The molecule has 0 radical (unpaired) electrons. The highest BCUT2D eigenvalue weighted by atomic mass is 35.5. The highest BCUT2D eigenvalue weighted by Gasteiger charge is 2.32. The van der Waals surface area contributed by atoms with Crippen LogP contribution in [0, 0.1) is 0 Å². The number of halogens is 3. The molecule has 2 amide bonds. The van der Waals surface area contributed by atoms with E-state index in [4.69, 9.17) is 39.5 Å². The van der Waals surface area contributed by atoms with Crippen LogP contribution in [-0.2, 0) is 22.6 Å². The molecule has 0 bridgehead atoms. The van der Waals surface area contributed by atoms with Gasteiger partial charge in [-0.05, 0) is 66.8 Å². The Balaban J connectivity index is 1.54. The van der Waals surface area contributed by atoms with Gasteiger partial charge in [0.05, 0.1) is 6.61 Å². The zero-order valence-electron chi connectivity index (χ0n) is 22.5. The Hall–Kier alpha value is -2.73. The van der Waals surface area contributed by atoms with Gasteiger partial charge in [0.1, 0.15) is 11.8 Å². The number of hydrogen-bond acceptors (Lipinski definition) is 3. The number of carbonyl (C=O) groups is 2. The van der Waals surface area contributed by atoms with Crippen molar-refractivity contribution in [1.29, 1.82) is 0 Å². The van der Waals surface area contributed by atoms with Crippen molar-refractivity contribution in [3.8, 4) is 5.75 Å². The lowest BCUT2D eigenvalue weighted by atomic mass is 9.94. The smallest absolute Gasteiger partial charge is 0.243 e. The predicted octanol–water partition coefficient (Wildman–Crippen LogP) is 7.89. The Labute approximate surface area is 251 Å². The summed E-state index contributed by atoms with van der Waals surface area (Å²) in [5, 5.41) is 4.87. The molecule has 8 heteroatoms. The Morgan fingerprint density at radius 2 is 1.60 bits per heavy atom. The van der Waals surface area contributed by atoms with E-state index in [1.165, 1.54) is 6.42 Å². The number of ether oxygens (including phenoxy) is 1. The van der Waals surface area contributed by atoms with E-state index in [2.05, 4.69) is 5.32 Å². The summed E-state index contributed by atoms with van der Waals surface area (Å²) in [5.74, 6) is 0.424. The van der Waals surface area contributed by atoms with Crippen LogP contribution in [0.15, 0.2) is 72.8 Å². The Bertz CT molecular complexity index is 1250. The molecule has 4 rings (SSSR count). The summed E-state index contributed by atoms with van der Waals surface area (Å²) >= 11 is 18.6. The van der Waals surface area contributed by atoms with Crippen molar-refractivity contribution in [2.45, 2.75) is 70.0 Å². The Morgan fingerprint density at radius 1 is 0.900 bits per heavy atom. The number of carbonyl (C=O) groups excluding carboxylic acids is 2. The first-order valence-corrected chi connectivity index (χ1v) is 15.0. The van der Waals surface area contributed by atoms with E-state index in [0.717, 1.165) is 36.8 Å². The Kier molecular flexibility index (Phi) is 11.6. The molecular formula is C32H35Cl3N2O3. The number of nitrogens with zero attached hydrogens (tertiary/aromatic N) is 1. The van der Waals surface area contributed by atoms with Gasteiger partial charge >= 0.3 is 0 Å². The van der Waals surface area contributed by atoms with Crippen LogP contribution in [0.25, 0.3) is 0 Å². The van der Waals surface area contributed by atoms with Crippen LogP contribution in [0.4, 0.5) is 0 Å². The number of amides is 2. The molecule has 0 saturated heterocycles. The summed E-state index contributed by atoms with van der Waals surface area (Å²) in [6.07, 6.45) is 6.44. The largest absolute Gasteiger partial charge is 0.494 e. The quantitative estimate of drug-likeness (QED) is 0.215. The van der Waals surface area contributed by atoms with Crippen molar-refractivity contribution in [3.63, 3.8) is 0 Å². The average Bonchev–Trinajstić information content (AvgIpc) is 2.96. The molecule has 0 unspecified atom stereocenters. The SMILES string of the molecule is O=C(NC1CCCCC1)[C@H](Cc1ccccc1)N(Cc1ccc(Cl)cc1Cl)C(=O)CCCOc1ccc(Cl)cc1. The second-order valence-electron chi connectivity index (χ2n) is 10.2. The molecular weight excluding hydrogens is 567 g/mol. The fourth-order valence-corrected chi connectivity index (χ4v) is 5.61.